The van der Waals surface area contributed by atoms with Gasteiger partial charge in [-0.3, -0.25) is 9.69 Å². The molecule has 1 heterocycles. The van der Waals surface area contributed by atoms with Crippen molar-refractivity contribution in [3.63, 3.8) is 0 Å². The number of hydrogen-bond donors (Lipinski definition) is 1. The molecule has 0 aromatic heterocycles. The maximum Gasteiger partial charge on any atom is 0.239 e. The molecule has 1 fully saturated rings. The van der Waals surface area contributed by atoms with Gasteiger partial charge in [0.1, 0.15) is 0 Å². The lowest BCUT2D eigenvalue weighted by atomic mass is 10.2. The number of nitrogens with two attached hydrogens (primary N) is 1. The van der Waals surface area contributed by atoms with Crippen molar-refractivity contribution in [3.05, 3.63) is 0 Å². The van der Waals surface area contributed by atoms with Gasteiger partial charge in [0.2, 0.25) is 5.91 Å². The highest BCUT2D eigenvalue weighted by atomic mass is 16.2. The van der Waals surface area contributed by atoms with Gasteiger partial charge in [-0.1, -0.05) is 12.8 Å². The van der Waals surface area contributed by atoms with Crippen molar-refractivity contribution in [1.82, 2.24) is 9.80 Å². The Morgan fingerprint density at radius 2 is 1.72 bits per heavy atom. The highest BCUT2D eigenvalue weighted by molar-refractivity contribution is 5.81. The van der Waals surface area contributed by atoms with Crippen LogP contribution >= 0.6 is 0 Å². The first-order valence-corrected chi connectivity index (χ1v) is 7.32. The van der Waals surface area contributed by atoms with Crippen LogP contribution in [-0.2, 0) is 4.79 Å². The van der Waals surface area contributed by atoms with E-state index in [2.05, 4.69) is 18.7 Å². The number of amides is 1. The molecular weight excluding hydrogens is 226 g/mol. The highest BCUT2D eigenvalue weighted by Crippen LogP contribution is 2.14. The molecule has 0 aromatic rings. The number of nitrogens with zero attached hydrogens (tertiary/aromatic N) is 2. The molecule has 0 bridgehead atoms. The van der Waals surface area contributed by atoms with Crippen LogP contribution < -0.4 is 5.73 Å². The Bertz CT molecular complexity index is 247. The Hall–Kier alpha value is -0.610. The van der Waals surface area contributed by atoms with Gasteiger partial charge in [0.15, 0.2) is 0 Å². The third kappa shape index (κ3) is 4.25. The first kappa shape index (κ1) is 15.4. The minimum Gasteiger partial charge on any atom is -0.341 e. The van der Waals surface area contributed by atoms with E-state index in [0.29, 0.717) is 12.6 Å². The zero-order chi connectivity index (χ0) is 13.5. The monoisotopic (exact) mass is 255 g/mol. The van der Waals surface area contributed by atoms with Crippen LogP contribution in [0.15, 0.2) is 0 Å². The maximum atomic E-state index is 12.5. The van der Waals surface area contributed by atoms with Gasteiger partial charge in [0, 0.05) is 32.2 Å². The second-order valence-corrected chi connectivity index (χ2v) is 5.54. The summed E-state index contributed by atoms with van der Waals surface area (Å²) in [5.41, 5.74) is 5.64. The smallest absolute Gasteiger partial charge is 0.239 e. The highest BCUT2D eigenvalue weighted by Gasteiger charge is 2.27. The summed E-state index contributed by atoms with van der Waals surface area (Å²) in [6.07, 6.45) is 4.82. The Kier molecular flexibility index (Phi) is 6.65. The molecule has 0 saturated carbocycles. The lowest BCUT2D eigenvalue weighted by molar-refractivity contribution is -0.137. The Morgan fingerprint density at radius 3 is 2.17 bits per heavy atom. The van der Waals surface area contributed by atoms with E-state index >= 15 is 0 Å². The minimum atomic E-state index is -0.0494. The van der Waals surface area contributed by atoms with E-state index < -0.39 is 0 Å². The first-order chi connectivity index (χ1) is 8.57. The number of carbonyl (C=O) groups excluding carboxylic acids is 1. The summed E-state index contributed by atoms with van der Waals surface area (Å²) in [5.74, 6) is 0.277. The zero-order valence-electron chi connectivity index (χ0n) is 12.2. The van der Waals surface area contributed by atoms with Crippen molar-refractivity contribution in [3.8, 4) is 0 Å². The van der Waals surface area contributed by atoms with Crippen molar-refractivity contribution in [1.29, 1.82) is 0 Å². The Labute approximate surface area is 111 Å². The number of hydrogen-bond acceptors (Lipinski definition) is 3. The Balaban J connectivity index is 2.61. The molecule has 18 heavy (non-hydrogen) atoms. The van der Waals surface area contributed by atoms with E-state index in [0.717, 1.165) is 32.5 Å². The fraction of sp³-hybridized carbons (Fsp3) is 0.929. The first-order valence-electron chi connectivity index (χ1n) is 7.32. The van der Waals surface area contributed by atoms with Gasteiger partial charge < -0.3 is 10.6 Å². The van der Waals surface area contributed by atoms with Crippen LogP contribution in [0.5, 0.6) is 0 Å². The molecule has 1 rings (SSSR count). The van der Waals surface area contributed by atoms with Crippen LogP contribution in [0.3, 0.4) is 0 Å². The standard InChI is InChI=1S/C14H29N3O/c1-12(2)17(11-8-15)13(3)14(18)16-9-6-4-5-7-10-16/h12-13H,4-11,15H2,1-3H3. The van der Waals surface area contributed by atoms with Crippen molar-refractivity contribution < 1.29 is 4.79 Å². The number of likely N-dealkylation sites (tertiary alicyclic amines) is 1. The third-order valence-corrected chi connectivity index (χ3v) is 3.82. The number of rotatable bonds is 5. The summed E-state index contributed by atoms with van der Waals surface area (Å²) in [4.78, 5) is 16.8. The van der Waals surface area contributed by atoms with Crippen LogP contribution in [0.1, 0.15) is 46.5 Å². The predicted octanol–water partition coefficient (Wildman–Crippen LogP) is 1.45. The second kappa shape index (κ2) is 7.74. The molecule has 4 nitrogen and oxygen atoms in total. The quantitative estimate of drug-likeness (QED) is 0.809. The van der Waals surface area contributed by atoms with Crippen molar-refractivity contribution in [2.75, 3.05) is 26.2 Å². The fourth-order valence-corrected chi connectivity index (χ4v) is 2.75. The molecule has 0 radical (unpaired) electrons. The summed E-state index contributed by atoms with van der Waals surface area (Å²) < 4.78 is 0. The van der Waals surface area contributed by atoms with Gasteiger partial charge in [-0.15, -0.1) is 0 Å². The lowest BCUT2D eigenvalue weighted by Crippen LogP contribution is -2.51. The molecule has 1 amide bonds. The maximum absolute atomic E-state index is 12.5. The van der Waals surface area contributed by atoms with E-state index in [1.165, 1.54) is 12.8 Å². The average Bonchev–Trinajstić information content (AvgIpc) is 2.62. The van der Waals surface area contributed by atoms with Crippen LogP contribution in [0.2, 0.25) is 0 Å². The molecule has 1 unspecified atom stereocenters. The van der Waals surface area contributed by atoms with Gasteiger partial charge in [0.05, 0.1) is 6.04 Å². The molecule has 106 valence electrons. The summed E-state index contributed by atoms with van der Waals surface area (Å²) >= 11 is 0. The molecule has 4 heteroatoms. The van der Waals surface area contributed by atoms with Gasteiger partial charge in [-0.25, -0.2) is 0 Å². The molecular formula is C14H29N3O. The van der Waals surface area contributed by atoms with E-state index in [1.807, 2.05) is 11.8 Å². The molecule has 0 aromatic carbocycles. The molecule has 0 spiro atoms. The van der Waals surface area contributed by atoms with E-state index in [-0.39, 0.29) is 11.9 Å². The topological polar surface area (TPSA) is 49.6 Å². The van der Waals surface area contributed by atoms with Crippen molar-refractivity contribution in [2.24, 2.45) is 5.73 Å². The molecule has 1 atom stereocenters. The minimum absolute atomic E-state index is 0.0494. The lowest BCUT2D eigenvalue weighted by Gasteiger charge is -2.34. The van der Waals surface area contributed by atoms with Crippen molar-refractivity contribution >= 4 is 5.91 Å². The van der Waals surface area contributed by atoms with Crippen LogP contribution in [0.25, 0.3) is 0 Å². The summed E-state index contributed by atoms with van der Waals surface area (Å²) in [6.45, 7) is 9.52. The molecule has 0 aliphatic carbocycles. The molecule has 1 aliphatic heterocycles. The largest absolute Gasteiger partial charge is 0.341 e. The van der Waals surface area contributed by atoms with Crippen LogP contribution in [-0.4, -0.2) is 54.0 Å². The molecule has 1 aliphatic rings. The zero-order valence-corrected chi connectivity index (χ0v) is 12.2. The number of carbonyl (C=O) groups is 1. The van der Waals surface area contributed by atoms with Crippen LogP contribution in [0, 0.1) is 0 Å². The van der Waals surface area contributed by atoms with Crippen LogP contribution in [0.4, 0.5) is 0 Å². The van der Waals surface area contributed by atoms with E-state index in [1.54, 1.807) is 0 Å². The Morgan fingerprint density at radius 1 is 1.17 bits per heavy atom. The normalized spacial score (nSPS) is 19.1. The van der Waals surface area contributed by atoms with Gasteiger partial charge in [0.25, 0.3) is 0 Å². The average molecular weight is 255 g/mol. The van der Waals surface area contributed by atoms with Gasteiger partial charge in [-0.2, -0.15) is 0 Å². The van der Waals surface area contributed by atoms with E-state index in [4.69, 9.17) is 5.73 Å². The summed E-state index contributed by atoms with van der Waals surface area (Å²) in [7, 11) is 0. The second-order valence-electron chi connectivity index (χ2n) is 5.54. The van der Waals surface area contributed by atoms with Crippen molar-refractivity contribution in [2.45, 2.75) is 58.5 Å². The van der Waals surface area contributed by atoms with E-state index in [9.17, 15) is 4.79 Å². The molecule has 2 N–H and O–H groups in total. The SMILES string of the molecule is CC(C)N(CCN)C(C)C(=O)N1CCCCCC1. The molecule has 1 saturated heterocycles. The summed E-state index contributed by atoms with van der Waals surface area (Å²) in [6, 6.07) is 0.311. The fourth-order valence-electron chi connectivity index (χ4n) is 2.75. The van der Waals surface area contributed by atoms with Gasteiger partial charge >= 0.3 is 0 Å². The predicted molar refractivity (Wildman–Crippen MR) is 75.4 cm³/mol. The van der Waals surface area contributed by atoms with Gasteiger partial charge in [-0.05, 0) is 33.6 Å². The summed E-state index contributed by atoms with van der Waals surface area (Å²) in [5, 5.41) is 0. The third-order valence-electron chi connectivity index (χ3n) is 3.82.